The van der Waals surface area contributed by atoms with Crippen molar-refractivity contribution in [2.45, 2.75) is 39.5 Å². The van der Waals surface area contributed by atoms with Crippen LogP contribution in [0.5, 0.6) is 0 Å². The summed E-state index contributed by atoms with van der Waals surface area (Å²) >= 11 is 0. The van der Waals surface area contributed by atoms with Crippen molar-refractivity contribution >= 4 is 0 Å². The maximum absolute atomic E-state index is 8.53. The van der Waals surface area contributed by atoms with Crippen LogP contribution in [0.1, 0.15) is 39.5 Å². The van der Waals surface area contributed by atoms with Crippen LogP contribution in [0.2, 0.25) is 0 Å². The van der Waals surface area contributed by atoms with Crippen LogP contribution < -0.4 is 5.32 Å². The molecule has 0 amide bonds. The largest absolute Gasteiger partial charge is 0.394 e. The van der Waals surface area contributed by atoms with Crippen molar-refractivity contribution in [2.24, 2.45) is 11.3 Å². The van der Waals surface area contributed by atoms with Gasteiger partial charge in [0.1, 0.15) is 0 Å². The molecule has 0 aromatic rings. The van der Waals surface area contributed by atoms with Gasteiger partial charge in [-0.25, -0.2) is 0 Å². The molecule has 1 saturated carbocycles. The molecule has 0 aromatic heterocycles. The Balaban J connectivity index is 1.94. The fourth-order valence-electron chi connectivity index (χ4n) is 2.28. The molecule has 0 spiro atoms. The van der Waals surface area contributed by atoms with E-state index in [1.807, 2.05) is 0 Å². The standard InChI is InChI=1S/C13H27NO2/c1-13(2)5-3-12(4-6-13)11-14-7-9-16-10-8-15/h12,14-15H,3-11H2,1-2H3. The maximum atomic E-state index is 8.53. The van der Waals surface area contributed by atoms with E-state index in [0.717, 1.165) is 19.0 Å². The highest BCUT2D eigenvalue weighted by molar-refractivity contribution is 4.79. The van der Waals surface area contributed by atoms with Crippen LogP contribution in [0.15, 0.2) is 0 Å². The van der Waals surface area contributed by atoms with Gasteiger partial charge in [0.15, 0.2) is 0 Å². The average Bonchev–Trinajstić information content (AvgIpc) is 2.25. The molecule has 3 nitrogen and oxygen atoms in total. The van der Waals surface area contributed by atoms with Crippen LogP contribution in [0.4, 0.5) is 0 Å². The van der Waals surface area contributed by atoms with Crippen molar-refractivity contribution in [3.63, 3.8) is 0 Å². The Morgan fingerprint density at radius 2 is 1.94 bits per heavy atom. The third kappa shape index (κ3) is 5.83. The Labute approximate surface area is 99.6 Å². The molecule has 1 fully saturated rings. The fourth-order valence-corrected chi connectivity index (χ4v) is 2.28. The molecule has 1 aliphatic carbocycles. The van der Waals surface area contributed by atoms with E-state index in [0.29, 0.717) is 18.6 Å². The first-order valence-electron chi connectivity index (χ1n) is 6.53. The van der Waals surface area contributed by atoms with E-state index in [4.69, 9.17) is 9.84 Å². The van der Waals surface area contributed by atoms with E-state index in [2.05, 4.69) is 19.2 Å². The molecule has 3 heteroatoms. The first-order chi connectivity index (χ1) is 7.64. The number of aliphatic hydroxyl groups excluding tert-OH is 1. The van der Waals surface area contributed by atoms with Gasteiger partial charge in [-0.3, -0.25) is 0 Å². The molecule has 0 atom stereocenters. The van der Waals surface area contributed by atoms with E-state index in [9.17, 15) is 0 Å². The zero-order chi connectivity index (χ0) is 11.9. The van der Waals surface area contributed by atoms with Crippen molar-refractivity contribution in [1.82, 2.24) is 5.32 Å². The predicted molar refractivity (Wildman–Crippen MR) is 66.5 cm³/mol. The first-order valence-corrected chi connectivity index (χ1v) is 6.53. The smallest absolute Gasteiger partial charge is 0.0698 e. The molecule has 0 bridgehead atoms. The van der Waals surface area contributed by atoms with Gasteiger partial charge in [-0.2, -0.15) is 0 Å². The molecule has 0 aromatic carbocycles. The van der Waals surface area contributed by atoms with Crippen molar-refractivity contribution < 1.29 is 9.84 Å². The van der Waals surface area contributed by atoms with Crippen molar-refractivity contribution in [2.75, 3.05) is 32.9 Å². The molecule has 0 heterocycles. The summed E-state index contributed by atoms with van der Waals surface area (Å²) in [6.07, 6.45) is 5.44. The van der Waals surface area contributed by atoms with Gasteiger partial charge in [-0.15, -0.1) is 0 Å². The van der Waals surface area contributed by atoms with E-state index >= 15 is 0 Å². The van der Waals surface area contributed by atoms with Gasteiger partial charge >= 0.3 is 0 Å². The molecule has 1 aliphatic rings. The predicted octanol–water partition coefficient (Wildman–Crippen LogP) is 1.80. The molecule has 0 aliphatic heterocycles. The molecular weight excluding hydrogens is 202 g/mol. The van der Waals surface area contributed by atoms with E-state index in [-0.39, 0.29) is 6.61 Å². The quantitative estimate of drug-likeness (QED) is 0.654. The lowest BCUT2D eigenvalue weighted by Crippen LogP contribution is -2.31. The lowest BCUT2D eigenvalue weighted by Gasteiger charge is -2.34. The second-order valence-electron chi connectivity index (χ2n) is 5.65. The molecule has 0 saturated heterocycles. The van der Waals surface area contributed by atoms with Crippen LogP contribution in [0, 0.1) is 11.3 Å². The number of hydrogen-bond donors (Lipinski definition) is 2. The first kappa shape index (κ1) is 13.9. The number of nitrogens with one attached hydrogen (secondary N) is 1. The van der Waals surface area contributed by atoms with Crippen LogP contribution in [0.25, 0.3) is 0 Å². The minimum atomic E-state index is 0.123. The lowest BCUT2D eigenvalue weighted by atomic mass is 9.73. The molecule has 96 valence electrons. The van der Waals surface area contributed by atoms with Gasteiger partial charge in [0, 0.05) is 6.54 Å². The van der Waals surface area contributed by atoms with Crippen LogP contribution in [0.3, 0.4) is 0 Å². The Morgan fingerprint density at radius 1 is 1.25 bits per heavy atom. The summed E-state index contributed by atoms with van der Waals surface area (Å²) in [6.45, 7) is 8.06. The topological polar surface area (TPSA) is 41.5 Å². The van der Waals surface area contributed by atoms with Crippen LogP contribution >= 0.6 is 0 Å². The molecule has 0 unspecified atom stereocenters. The SMILES string of the molecule is CC1(C)CCC(CNCCOCCO)CC1. The summed E-state index contributed by atoms with van der Waals surface area (Å²) in [5, 5.41) is 12.0. The van der Waals surface area contributed by atoms with Crippen molar-refractivity contribution in [3.8, 4) is 0 Å². The molecule has 16 heavy (non-hydrogen) atoms. The van der Waals surface area contributed by atoms with Crippen LogP contribution in [-0.4, -0.2) is 38.0 Å². The Morgan fingerprint density at radius 3 is 2.56 bits per heavy atom. The maximum Gasteiger partial charge on any atom is 0.0698 e. The average molecular weight is 229 g/mol. The van der Waals surface area contributed by atoms with Gasteiger partial charge in [-0.05, 0) is 43.6 Å². The summed E-state index contributed by atoms with van der Waals surface area (Å²) in [5.41, 5.74) is 0.570. The summed E-state index contributed by atoms with van der Waals surface area (Å²) < 4.78 is 5.19. The second kappa shape index (κ2) is 7.25. The number of aliphatic hydroxyl groups is 1. The van der Waals surface area contributed by atoms with Gasteiger partial charge in [0.25, 0.3) is 0 Å². The van der Waals surface area contributed by atoms with Gasteiger partial charge < -0.3 is 15.2 Å². The monoisotopic (exact) mass is 229 g/mol. The Bertz CT molecular complexity index is 173. The number of ether oxygens (including phenoxy) is 1. The van der Waals surface area contributed by atoms with Gasteiger partial charge in [0.2, 0.25) is 0 Å². The highest BCUT2D eigenvalue weighted by Gasteiger charge is 2.26. The second-order valence-corrected chi connectivity index (χ2v) is 5.65. The zero-order valence-electron chi connectivity index (χ0n) is 10.8. The third-order valence-electron chi connectivity index (χ3n) is 3.55. The Hall–Kier alpha value is -0.120. The Kier molecular flexibility index (Phi) is 6.32. The summed E-state index contributed by atoms with van der Waals surface area (Å²) in [5.74, 6) is 0.853. The number of rotatable bonds is 7. The minimum absolute atomic E-state index is 0.123. The van der Waals surface area contributed by atoms with Gasteiger partial charge in [0.05, 0.1) is 19.8 Å². The van der Waals surface area contributed by atoms with E-state index in [1.54, 1.807) is 0 Å². The minimum Gasteiger partial charge on any atom is -0.394 e. The van der Waals surface area contributed by atoms with E-state index in [1.165, 1.54) is 25.7 Å². The molecule has 1 rings (SSSR count). The van der Waals surface area contributed by atoms with E-state index < -0.39 is 0 Å². The highest BCUT2D eigenvalue weighted by atomic mass is 16.5. The molecular formula is C13H27NO2. The van der Waals surface area contributed by atoms with Crippen molar-refractivity contribution in [1.29, 1.82) is 0 Å². The van der Waals surface area contributed by atoms with Gasteiger partial charge in [-0.1, -0.05) is 13.8 Å². The fraction of sp³-hybridized carbons (Fsp3) is 1.00. The summed E-state index contributed by atoms with van der Waals surface area (Å²) in [4.78, 5) is 0. The zero-order valence-corrected chi connectivity index (χ0v) is 10.8. The number of hydrogen-bond acceptors (Lipinski definition) is 3. The highest BCUT2D eigenvalue weighted by Crippen LogP contribution is 2.37. The van der Waals surface area contributed by atoms with Crippen molar-refractivity contribution in [3.05, 3.63) is 0 Å². The normalized spacial score (nSPS) is 21.2. The summed E-state index contributed by atoms with van der Waals surface area (Å²) in [7, 11) is 0. The molecule has 2 N–H and O–H groups in total. The molecule has 0 radical (unpaired) electrons. The lowest BCUT2D eigenvalue weighted by molar-refractivity contribution is 0.0925. The third-order valence-corrected chi connectivity index (χ3v) is 3.55. The summed E-state index contributed by atoms with van der Waals surface area (Å²) in [6, 6.07) is 0. The van der Waals surface area contributed by atoms with Crippen LogP contribution in [-0.2, 0) is 4.74 Å².